The molecule has 7 nitrogen and oxygen atoms in total. The summed E-state index contributed by atoms with van der Waals surface area (Å²) in [4.78, 5) is 30.5. The minimum atomic E-state index is -0.544. The van der Waals surface area contributed by atoms with Crippen LogP contribution in [-0.2, 0) is 20.8 Å². The molecule has 0 bridgehead atoms. The van der Waals surface area contributed by atoms with Crippen molar-refractivity contribution in [2.45, 2.75) is 52.3 Å². The number of carbonyl (C=O) groups excluding carboxylic acids is 2. The fraction of sp³-hybridized carbons (Fsp3) is 0.632. The maximum Gasteiger partial charge on any atom is 0.338 e. The third kappa shape index (κ3) is 8.40. The molecule has 0 saturated carbocycles. The molecule has 0 aliphatic heterocycles. The Bertz CT molecular complexity index is 597. The van der Waals surface area contributed by atoms with Crippen LogP contribution in [0.4, 0.5) is 0 Å². The summed E-state index contributed by atoms with van der Waals surface area (Å²) in [6.45, 7) is 8.71. The molecule has 1 aromatic heterocycles. The van der Waals surface area contributed by atoms with E-state index in [2.05, 4.69) is 10.3 Å². The summed E-state index contributed by atoms with van der Waals surface area (Å²) in [5, 5.41) is 3.20. The monoisotopic (exact) mass is 365 g/mol. The van der Waals surface area contributed by atoms with Crippen molar-refractivity contribution in [3.63, 3.8) is 0 Å². The lowest BCUT2D eigenvalue weighted by molar-refractivity contribution is -0.157. The van der Waals surface area contributed by atoms with E-state index in [-0.39, 0.29) is 11.9 Å². The highest BCUT2D eigenvalue weighted by Crippen LogP contribution is 2.11. The number of ether oxygens (including phenoxy) is 2. The van der Waals surface area contributed by atoms with E-state index in [4.69, 9.17) is 9.47 Å². The van der Waals surface area contributed by atoms with Gasteiger partial charge in [-0.2, -0.15) is 0 Å². The summed E-state index contributed by atoms with van der Waals surface area (Å²) in [7, 11) is 3.91. The summed E-state index contributed by atoms with van der Waals surface area (Å²) in [5.74, 6) is -0.673. The Balaban J connectivity index is 2.77. The van der Waals surface area contributed by atoms with Crippen molar-refractivity contribution in [3.05, 3.63) is 29.6 Å². The van der Waals surface area contributed by atoms with Crippen LogP contribution in [0.1, 0.15) is 50.2 Å². The molecule has 146 valence electrons. The third-order valence-corrected chi connectivity index (χ3v) is 3.41. The van der Waals surface area contributed by atoms with Gasteiger partial charge >= 0.3 is 11.9 Å². The number of nitrogens with one attached hydrogen (secondary N) is 1. The van der Waals surface area contributed by atoms with E-state index in [1.54, 1.807) is 25.3 Å². The van der Waals surface area contributed by atoms with Gasteiger partial charge in [-0.25, -0.2) is 4.79 Å². The number of nitrogens with zero attached hydrogens (tertiary/aromatic N) is 2. The molecule has 0 radical (unpaired) electrons. The second-order valence-electron chi connectivity index (χ2n) is 7.32. The highest BCUT2D eigenvalue weighted by molar-refractivity contribution is 5.89. The molecular formula is C19H31N3O4. The van der Waals surface area contributed by atoms with Gasteiger partial charge < -0.3 is 14.4 Å². The first-order chi connectivity index (χ1) is 12.1. The second-order valence-corrected chi connectivity index (χ2v) is 7.32. The Hall–Kier alpha value is -1.99. The largest absolute Gasteiger partial charge is 0.462 e. The molecule has 1 heterocycles. The Morgan fingerprint density at radius 2 is 2.00 bits per heavy atom. The zero-order valence-corrected chi connectivity index (χ0v) is 16.7. The number of rotatable bonds is 9. The van der Waals surface area contributed by atoms with Gasteiger partial charge in [-0.15, -0.1) is 0 Å². The van der Waals surface area contributed by atoms with Crippen LogP contribution >= 0.6 is 0 Å². The highest BCUT2D eigenvalue weighted by atomic mass is 16.6. The number of hydrogen-bond donors (Lipinski definition) is 1. The maximum absolute atomic E-state index is 12.5. The predicted molar refractivity (Wildman–Crippen MR) is 99.8 cm³/mol. The van der Waals surface area contributed by atoms with Crippen LogP contribution in [0, 0.1) is 0 Å². The lowest BCUT2D eigenvalue weighted by atomic mass is 10.1. The molecule has 0 aromatic carbocycles. The van der Waals surface area contributed by atoms with Gasteiger partial charge in [-0.3, -0.25) is 15.1 Å². The maximum atomic E-state index is 12.5. The molecule has 7 heteroatoms. The zero-order chi connectivity index (χ0) is 19.7. The number of esters is 2. The van der Waals surface area contributed by atoms with E-state index in [1.165, 1.54) is 0 Å². The Morgan fingerprint density at radius 3 is 2.58 bits per heavy atom. The topological polar surface area (TPSA) is 80.8 Å². The Morgan fingerprint density at radius 1 is 1.31 bits per heavy atom. The average Bonchev–Trinajstić information content (AvgIpc) is 2.53. The minimum absolute atomic E-state index is 0.291. The van der Waals surface area contributed by atoms with Crippen molar-refractivity contribution in [2.24, 2.45) is 0 Å². The van der Waals surface area contributed by atoms with Crippen LogP contribution in [0.2, 0.25) is 0 Å². The quantitative estimate of drug-likeness (QED) is 0.671. The molecule has 26 heavy (non-hydrogen) atoms. The molecule has 1 N–H and O–H groups in total. The summed E-state index contributed by atoms with van der Waals surface area (Å²) in [5.41, 5.74) is 0.562. The van der Waals surface area contributed by atoms with Crippen molar-refractivity contribution in [3.8, 4) is 0 Å². The number of hydrogen-bond acceptors (Lipinski definition) is 7. The first-order valence-electron chi connectivity index (χ1n) is 8.85. The molecule has 0 amide bonds. The molecule has 1 unspecified atom stereocenters. The average molecular weight is 365 g/mol. The van der Waals surface area contributed by atoms with Gasteiger partial charge in [0.2, 0.25) is 0 Å². The first kappa shape index (κ1) is 22.1. The van der Waals surface area contributed by atoms with Gasteiger partial charge in [-0.05, 0) is 66.9 Å². The van der Waals surface area contributed by atoms with Gasteiger partial charge in [0.1, 0.15) is 11.6 Å². The van der Waals surface area contributed by atoms with Crippen LogP contribution in [0.25, 0.3) is 0 Å². The van der Waals surface area contributed by atoms with Gasteiger partial charge in [-0.1, -0.05) is 0 Å². The fourth-order valence-corrected chi connectivity index (χ4v) is 2.21. The molecule has 0 aliphatic carbocycles. The van der Waals surface area contributed by atoms with Crippen LogP contribution in [0.5, 0.6) is 0 Å². The molecular weight excluding hydrogens is 334 g/mol. The van der Waals surface area contributed by atoms with Crippen LogP contribution < -0.4 is 5.32 Å². The predicted octanol–water partition coefficient (Wildman–Crippen LogP) is 2.01. The molecule has 1 aromatic rings. The summed E-state index contributed by atoms with van der Waals surface area (Å²) in [6.07, 6.45) is 2.17. The number of aromatic nitrogens is 1. The second kappa shape index (κ2) is 10.2. The van der Waals surface area contributed by atoms with Crippen molar-refractivity contribution in [2.75, 3.05) is 27.2 Å². The van der Waals surface area contributed by atoms with E-state index in [0.717, 1.165) is 6.54 Å². The fourth-order valence-electron chi connectivity index (χ4n) is 2.21. The van der Waals surface area contributed by atoms with E-state index < -0.39 is 11.6 Å². The SMILES string of the molecule is CCOC(=O)c1ccnc(CNC(CCN(C)C)C(=O)OC(C)(C)C)c1. The normalized spacial score (nSPS) is 12.7. The van der Waals surface area contributed by atoms with Crippen molar-refractivity contribution in [1.29, 1.82) is 0 Å². The smallest absolute Gasteiger partial charge is 0.338 e. The van der Waals surface area contributed by atoms with Gasteiger partial charge in [0.05, 0.1) is 17.9 Å². The Labute approximate surface area is 156 Å². The molecule has 0 fully saturated rings. The minimum Gasteiger partial charge on any atom is -0.462 e. The van der Waals surface area contributed by atoms with E-state index in [0.29, 0.717) is 30.8 Å². The highest BCUT2D eigenvalue weighted by Gasteiger charge is 2.25. The van der Waals surface area contributed by atoms with E-state index in [9.17, 15) is 9.59 Å². The molecule has 0 aliphatic rings. The van der Waals surface area contributed by atoms with Crippen LogP contribution in [0.15, 0.2) is 18.3 Å². The van der Waals surface area contributed by atoms with Gasteiger partial charge in [0.25, 0.3) is 0 Å². The zero-order valence-electron chi connectivity index (χ0n) is 16.7. The molecule has 0 saturated heterocycles. The van der Waals surface area contributed by atoms with Crippen molar-refractivity contribution >= 4 is 11.9 Å². The van der Waals surface area contributed by atoms with Gasteiger partial charge in [0.15, 0.2) is 0 Å². The molecule has 1 atom stereocenters. The lowest BCUT2D eigenvalue weighted by Gasteiger charge is -2.25. The summed E-state index contributed by atoms with van der Waals surface area (Å²) < 4.78 is 10.5. The first-order valence-corrected chi connectivity index (χ1v) is 8.85. The van der Waals surface area contributed by atoms with E-state index in [1.807, 2.05) is 39.8 Å². The van der Waals surface area contributed by atoms with E-state index >= 15 is 0 Å². The third-order valence-electron chi connectivity index (χ3n) is 3.41. The van der Waals surface area contributed by atoms with Crippen molar-refractivity contribution in [1.82, 2.24) is 15.2 Å². The standard InChI is InChI=1S/C19H31N3O4/c1-7-25-17(23)14-8-10-20-15(12-14)13-21-16(9-11-22(5)6)18(24)26-19(2,3)4/h8,10,12,16,21H,7,9,11,13H2,1-6H3. The Kier molecular flexibility index (Phi) is 8.68. The van der Waals surface area contributed by atoms with Crippen LogP contribution in [-0.4, -0.2) is 60.7 Å². The molecule has 0 spiro atoms. The van der Waals surface area contributed by atoms with Crippen molar-refractivity contribution < 1.29 is 19.1 Å². The number of carbonyl (C=O) groups is 2. The molecule has 1 rings (SSSR count). The number of pyridine rings is 1. The van der Waals surface area contributed by atoms with Crippen LogP contribution in [0.3, 0.4) is 0 Å². The summed E-state index contributed by atoms with van der Waals surface area (Å²) >= 11 is 0. The summed E-state index contributed by atoms with van der Waals surface area (Å²) in [6, 6.07) is 2.83. The van der Waals surface area contributed by atoms with Gasteiger partial charge in [0, 0.05) is 12.7 Å². The lowest BCUT2D eigenvalue weighted by Crippen LogP contribution is -2.42.